The lowest BCUT2D eigenvalue weighted by molar-refractivity contribution is -0.133. The molecule has 1 aliphatic carbocycles. The summed E-state index contributed by atoms with van der Waals surface area (Å²) >= 11 is 1.66. The average Bonchev–Trinajstić information content (AvgIpc) is 3.49. The van der Waals surface area contributed by atoms with Crippen molar-refractivity contribution in [3.05, 3.63) is 50.5 Å². The normalized spacial score (nSPS) is 15.8. The van der Waals surface area contributed by atoms with Crippen LogP contribution in [0.5, 0.6) is 5.75 Å². The number of hydrogen-bond donors (Lipinski definition) is 1. The van der Waals surface area contributed by atoms with Gasteiger partial charge in [0.1, 0.15) is 22.7 Å². The first-order chi connectivity index (χ1) is 17.5. The highest BCUT2D eigenvalue weighted by Gasteiger charge is 2.30. The van der Waals surface area contributed by atoms with E-state index >= 15 is 0 Å². The van der Waals surface area contributed by atoms with Crippen LogP contribution in [0.15, 0.2) is 28.6 Å². The maximum atomic E-state index is 12.6. The van der Waals surface area contributed by atoms with Crippen molar-refractivity contribution in [2.24, 2.45) is 16.0 Å². The molecule has 1 aliphatic heterocycles. The number of aryl methyl sites for hydroxylation is 1. The minimum atomic E-state index is 0.0137. The van der Waals surface area contributed by atoms with Crippen molar-refractivity contribution < 1.29 is 9.53 Å². The molecule has 0 spiro atoms. The molecular formula is C25H28N8O2S. The highest BCUT2D eigenvalue weighted by Crippen LogP contribution is 2.42. The van der Waals surface area contributed by atoms with Crippen molar-refractivity contribution in [1.29, 1.82) is 0 Å². The Labute approximate surface area is 213 Å². The Morgan fingerprint density at radius 1 is 1.33 bits per heavy atom. The number of anilines is 2. The second kappa shape index (κ2) is 10.5. The van der Waals surface area contributed by atoms with Gasteiger partial charge in [0.15, 0.2) is 0 Å². The highest BCUT2D eigenvalue weighted by molar-refractivity contribution is 7.19. The molecular weight excluding hydrogens is 476 g/mol. The molecule has 11 heteroatoms. The summed E-state index contributed by atoms with van der Waals surface area (Å²) in [5, 5.41) is 8.13. The van der Waals surface area contributed by atoms with Crippen molar-refractivity contribution in [2.45, 2.75) is 38.6 Å². The monoisotopic (exact) mass is 504 g/mol. The number of amides is 1. The first-order valence-corrected chi connectivity index (χ1v) is 12.9. The summed E-state index contributed by atoms with van der Waals surface area (Å²) in [6.07, 6.45) is 7.41. The summed E-state index contributed by atoms with van der Waals surface area (Å²) in [6.45, 7) is 1.63. The molecule has 5 rings (SSSR count). The van der Waals surface area contributed by atoms with Crippen LogP contribution < -0.4 is 10.1 Å². The molecule has 1 amide bonds. The Balaban J connectivity index is 1.42. The van der Waals surface area contributed by atoms with Crippen molar-refractivity contribution in [3.8, 4) is 5.75 Å². The van der Waals surface area contributed by atoms with Gasteiger partial charge in [-0.05, 0) is 66.5 Å². The van der Waals surface area contributed by atoms with Crippen LogP contribution in [-0.2, 0) is 24.2 Å². The number of benzene rings is 1. The third-order valence-corrected chi connectivity index (χ3v) is 7.76. The van der Waals surface area contributed by atoms with Crippen LogP contribution in [0.1, 0.15) is 40.8 Å². The minimum Gasteiger partial charge on any atom is -0.491 e. The number of nitrogens with one attached hydrogen (secondary N) is 1. The smallest absolute Gasteiger partial charge is 0.225 e. The number of thiophene rings is 1. The van der Waals surface area contributed by atoms with Gasteiger partial charge in [-0.15, -0.1) is 11.3 Å². The Morgan fingerprint density at radius 2 is 2.22 bits per heavy atom. The number of aromatic nitrogens is 2. The average molecular weight is 505 g/mol. The first-order valence-electron chi connectivity index (χ1n) is 12.1. The lowest BCUT2D eigenvalue weighted by atomic mass is 9.87. The molecule has 0 radical (unpaired) electrons. The van der Waals surface area contributed by atoms with E-state index in [-0.39, 0.29) is 11.8 Å². The SMILES string of the molecule is CN(C)C(=O)C1CCc2c(sc3ncnc(Nc4cc5c(cc4OCCCCN=[N+]=[N-])CN=C5)c23)C1. The molecule has 1 aromatic carbocycles. The van der Waals surface area contributed by atoms with Gasteiger partial charge in [-0.1, -0.05) is 5.11 Å². The fourth-order valence-corrected chi connectivity index (χ4v) is 6.04. The van der Waals surface area contributed by atoms with Gasteiger partial charge in [0.05, 0.1) is 24.2 Å². The number of carbonyl (C=O) groups excluding carboxylic acids is 1. The fourth-order valence-electron chi connectivity index (χ4n) is 4.78. The predicted molar refractivity (Wildman–Crippen MR) is 141 cm³/mol. The summed E-state index contributed by atoms with van der Waals surface area (Å²) < 4.78 is 6.15. The molecule has 0 saturated carbocycles. The van der Waals surface area contributed by atoms with Gasteiger partial charge in [0, 0.05) is 42.6 Å². The number of nitrogens with zero attached hydrogens (tertiary/aromatic N) is 7. The molecule has 36 heavy (non-hydrogen) atoms. The van der Waals surface area contributed by atoms with E-state index in [4.69, 9.17) is 10.3 Å². The van der Waals surface area contributed by atoms with Gasteiger partial charge >= 0.3 is 0 Å². The number of carbonyl (C=O) groups is 1. The first kappa shape index (κ1) is 24.0. The van der Waals surface area contributed by atoms with Gasteiger partial charge in [-0.25, -0.2) is 9.97 Å². The fraction of sp³-hybridized carbons (Fsp3) is 0.440. The molecule has 0 saturated heterocycles. The van der Waals surface area contributed by atoms with Crippen LogP contribution in [0, 0.1) is 5.92 Å². The molecule has 1 N–H and O–H groups in total. The number of fused-ring (bicyclic) bond motifs is 4. The number of unbranched alkanes of at least 4 members (excludes halogenated alkanes) is 1. The maximum absolute atomic E-state index is 12.6. The van der Waals surface area contributed by atoms with Crippen LogP contribution in [0.4, 0.5) is 11.5 Å². The van der Waals surface area contributed by atoms with Gasteiger partial charge in [0.25, 0.3) is 0 Å². The molecule has 2 aliphatic rings. The van der Waals surface area contributed by atoms with Crippen LogP contribution in [0.2, 0.25) is 0 Å². The minimum absolute atomic E-state index is 0.0137. The Bertz CT molecular complexity index is 1380. The van der Waals surface area contributed by atoms with E-state index in [1.165, 1.54) is 10.4 Å². The molecule has 186 valence electrons. The van der Waals surface area contributed by atoms with E-state index in [0.717, 1.165) is 70.7 Å². The summed E-state index contributed by atoms with van der Waals surface area (Å²) in [7, 11) is 3.63. The van der Waals surface area contributed by atoms with Crippen molar-refractivity contribution in [2.75, 3.05) is 32.6 Å². The summed E-state index contributed by atoms with van der Waals surface area (Å²) in [4.78, 5) is 32.7. The van der Waals surface area contributed by atoms with Crippen LogP contribution in [-0.4, -0.2) is 54.2 Å². The number of ether oxygens (including phenoxy) is 1. The molecule has 3 heterocycles. The van der Waals surface area contributed by atoms with E-state index in [0.29, 0.717) is 19.7 Å². The number of rotatable bonds is 9. The van der Waals surface area contributed by atoms with E-state index in [2.05, 4.69) is 36.4 Å². The zero-order valence-electron chi connectivity index (χ0n) is 20.4. The third kappa shape index (κ3) is 4.84. The van der Waals surface area contributed by atoms with Crippen molar-refractivity contribution in [1.82, 2.24) is 14.9 Å². The zero-order valence-corrected chi connectivity index (χ0v) is 21.2. The lowest BCUT2D eigenvalue weighted by Gasteiger charge is -2.24. The van der Waals surface area contributed by atoms with Gasteiger partial charge in [-0.2, -0.15) is 0 Å². The van der Waals surface area contributed by atoms with Crippen molar-refractivity contribution in [3.63, 3.8) is 0 Å². The molecule has 3 aromatic rings. The van der Waals surface area contributed by atoms with E-state index in [1.807, 2.05) is 26.4 Å². The lowest BCUT2D eigenvalue weighted by Crippen LogP contribution is -2.32. The number of hydrogen-bond acceptors (Lipinski definition) is 8. The molecule has 0 bridgehead atoms. The molecule has 0 fully saturated rings. The largest absolute Gasteiger partial charge is 0.491 e. The molecule has 1 unspecified atom stereocenters. The highest BCUT2D eigenvalue weighted by atomic mass is 32.1. The number of aliphatic imine (C=N–C) groups is 1. The standard InChI is InChI=1S/C25H28N8O2S/c1-33(2)25(34)15-5-6-18-21(11-15)36-24-22(18)23(28-14-29-24)31-19-9-16-12-27-13-17(16)10-20(19)35-8-4-3-7-30-32-26/h9-10,12,14-15H,3-8,11,13H2,1-2H3,(H,28,29,31). The van der Waals surface area contributed by atoms with E-state index in [9.17, 15) is 4.79 Å². The number of azide groups is 1. The van der Waals surface area contributed by atoms with Crippen LogP contribution in [0.3, 0.4) is 0 Å². The van der Waals surface area contributed by atoms with E-state index < -0.39 is 0 Å². The van der Waals surface area contributed by atoms with Gasteiger partial charge in [0.2, 0.25) is 5.91 Å². The third-order valence-electron chi connectivity index (χ3n) is 6.60. The molecule has 10 nitrogen and oxygen atoms in total. The van der Waals surface area contributed by atoms with Gasteiger partial charge in [-0.3, -0.25) is 9.79 Å². The zero-order chi connectivity index (χ0) is 25.1. The van der Waals surface area contributed by atoms with E-state index in [1.54, 1.807) is 22.6 Å². The quantitative estimate of drug-likeness (QED) is 0.189. The van der Waals surface area contributed by atoms with Crippen molar-refractivity contribution >= 4 is 45.2 Å². The summed E-state index contributed by atoms with van der Waals surface area (Å²) in [5.74, 6) is 1.69. The maximum Gasteiger partial charge on any atom is 0.225 e. The molecule has 1 atom stereocenters. The second-order valence-corrected chi connectivity index (χ2v) is 10.3. The molecule has 2 aromatic heterocycles. The Morgan fingerprint density at radius 3 is 3.06 bits per heavy atom. The Hall–Kier alpha value is -3.69. The summed E-state index contributed by atoms with van der Waals surface area (Å²) in [5.41, 5.74) is 12.7. The van der Waals surface area contributed by atoms with Crippen LogP contribution in [0.25, 0.3) is 20.7 Å². The predicted octanol–water partition coefficient (Wildman–Crippen LogP) is 5.03. The summed E-state index contributed by atoms with van der Waals surface area (Å²) in [6, 6.07) is 4.09. The second-order valence-electron chi connectivity index (χ2n) is 9.23. The topological polar surface area (TPSA) is 128 Å². The van der Waals surface area contributed by atoms with Gasteiger partial charge < -0.3 is 15.0 Å². The Kier molecular flexibility index (Phi) is 7.02. The van der Waals surface area contributed by atoms with Crippen LogP contribution >= 0.6 is 11.3 Å².